The number of hydrogen-bond donors (Lipinski definition) is 2. The molecule has 6 nitrogen and oxygen atoms in total. The number of ether oxygens (including phenoxy) is 3. The van der Waals surface area contributed by atoms with Gasteiger partial charge in [0, 0.05) is 11.8 Å². The maximum atomic E-state index is 12.0. The quantitative estimate of drug-likeness (QED) is 0.738. The molecule has 0 heterocycles. The lowest BCUT2D eigenvalue weighted by Crippen LogP contribution is -2.32. The summed E-state index contributed by atoms with van der Waals surface area (Å²) in [6, 6.07) is 8.99. The zero-order valence-electron chi connectivity index (χ0n) is 15.9. The van der Waals surface area contributed by atoms with E-state index in [9.17, 15) is 4.79 Å². The molecule has 0 atom stereocenters. The van der Waals surface area contributed by atoms with Gasteiger partial charge in [0.15, 0.2) is 11.5 Å². The fourth-order valence-corrected chi connectivity index (χ4v) is 2.55. The number of carbonyl (C=O) groups is 1. The molecule has 2 amide bonds. The summed E-state index contributed by atoms with van der Waals surface area (Å²) in [4.78, 5) is 12.0. The Morgan fingerprint density at radius 3 is 2.35 bits per heavy atom. The number of benzene rings is 2. The molecule has 0 bridgehead atoms. The van der Waals surface area contributed by atoms with Gasteiger partial charge in [-0.2, -0.15) is 0 Å². The normalized spacial score (nSPS) is 10.2. The van der Waals surface area contributed by atoms with Crippen LogP contribution in [0.5, 0.6) is 17.2 Å². The maximum absolute atomic E-state index is 12.0. The van der Waals surface area contributed by atoms with Crippen LogP contribution >= 0.6 is 0 Å². The van der Waals surface area contributed by atoms with E-state index in [-0.39, 0.29) is 6.03 Å². The lowest BCUT2D eigenvalue weighted by molar-refractivity contribution is 0.247. The van der Waals surface area contributed by atoms with Crippen LogP contribution in [0.2, 0.25) is 0 Å². The molecule has 6 heteroatoms. The Bertz CT molecular complexity index is 775. The van der Waals surface area contributed by atoms with Gasteiger partial charge in [-0.25, -0.2) is 4.79 Å². The molecule has 0 saturated carbocycles. The first kappa shape index (κ1) is 19.4. The van der Waals surface area contributed by atoms with E-state index in [1.807, 2.05) is 19.9 Å². The van der Waals surface area contributed by atoms with E-state index in [0.29, 0.717) is 30.3 Å². The van der Waals surface area contributed by atoms with Gasteiger partial charge < -0.3 is 24.8 Å². The Balaban J connectivity index is 1.84. The van der Waals surface area contributed by atoms with Crippen LogP contribution in [-0.2, 0) is 0 Å². The molecule has 140 valence electrons. The zero-order valence-corrected chi connectivity index (χ0v) is 15.9. The summed E-state index contributed by atoms with van der Waals surface area (Å²) in [5, 5.41) is 5.53. The first-order chi connectivity index (χ1) is 12.5. The number of amides is 2. The summed E-state index contributed by atoms with van der Waals surface area (Å²) in [5.74, 6) is 2.04. The summed E-state index contributed by atoms with van der Waals surface area (Å²) < 4.78 is 16.2. The number of aryl methyl sites for hydroxylation is 2. The summed E-state index contributed by atoms with van der Waals surface area (Å²) >= 11 is 0. The highest BCUT2D eigenvalue weighted by molar-refractivity contribution is 5.89. The molecule has 0 aromatic heterocycles. The summed E-state index contributed by atoms with van der Waals surface area (Å²) in [5.41, 5.74) is 4.01. The van der Waals surface area contributed by atoms with Gasteiger partial charge in [-0.05, 0) is 49.6 Å². The Hall–Kier alpha value is -2.89. The Labute approximate surface area is 154 Å². The highest BCUT2D eigenvalue weighted by Crippen LogP contribution is 2.29. The van der Waals surface area contributed by atoms with Crippen molar-refractivity contribution < 1.29 is 19.0 Å². The SMILES string of the molecule is COc1ccc(NC(=O)NCCOc2c(C)ccc(C)c2C)cc1OC. The molecular weight excluding hydrogens is 332 g/mol. The van der Waals surface area contributed by atoms with Crippen LogP contribution in [0.1, 0.15) is 16.7 Å². The van der Waals surface area contributed by atoms with Gasteiger partial charge in [-0.1, -0.05) is 12.1 Å². The van der Waals surface area contributed by atoms with Crippen molar-refractivity contribution in [2.75, 3.05) is 32.7 Å². The van der Waals surface area contributed by atoms with E-state index >= 15 is 0 Å². The van der Waals surface area contributed by atoms with Crippen molar-refractivity contribution >= 4 is 11.7 Å². The molecule has 0 radical (unpaired) electrons. The third-order valence-electron chi connectivity index (χ3n) is 4.15. The third kappa shape index (κ3) is 4.81. The maximum Gasteiger partial charge on any atom is 0.319 e. The van der Waals surface area contributed by atoms with Crippen molar-refractivity contribution in [2.24, 2.45) is 0 Å². The average Bonchev–Trinajstić information content (AvgIpc) is 2.64. The van der Waals surface area contributed by atoms with Crippen LogP contribution in [0.15, 0.2) is 30.3 Å². The summed E-state index contributed by atoms with van der Waals surface area (Å²) in [6.45, 7) is 6.89. The summed E-state index contributed by atoms with van der Waals surface area (Å²) in [7, 11) is 3.11. The topological polar surface area (TPSA) is 68.8 Å². The fraction of sp³-hybridized carbons (Fsp3) is 0.350. The number of anilines is 1. The standard InChI is InChI=1S/C20H26N2O4/c1-13-6-7-14(2)19(15(13)3)26-11-10-21-20(23)22-16-8-9-17(24-4)18(12-16)25-5/h6-9,12H,10-11H2,1-5H3,(H2,21,22,23). The Kier molecular flexibility index (Phi) is 6.72. The fourth-order valence-electron chi connectivity index (χ4n) is 2.55. The molecule has 2 aromatic rings. The van der Waals surface area contributed by atoms with Crippen LogP contribution in [0.3, 0.4) is 0 Å². The predicted molar refractivity (Wildman–Crippen MR) is 103 cm³/mol. The van der Waals surface area contributed by atoms with Crippen molar-refractivity contribution in [1.82, 2.24) is 5.32 Å². The van der Waals surface area contributed by atoms with Gasteiger partial charge >= 0.3 is 6.03 Å². The van der Waals surface area contributed by atoms with Gasteiger partial charge in [0.05, 0.1) is 20.8 Å². The molecule has 0 aliphatic carbocycles. The van der Waals surface area contributed by atoms with Crippen LogP contribution in [-0.4, -0.2) is 33.4 Å². The second kappa shape index (κ2) is 8.99. The molecule has 0 saturated heterocycles. The minimum atomic E-state index is -0.307. The van der Waals surface area contributed by atoms with Gasteiger partial charge in [-0.3, -0.25) is 0 Å². The lowest BCUT2D eigenvalue weighted by Gasteiger charge is -2.14. The van der Waals surface area contributed by atoms with Gasteiger partial charge in [0.1, 0.15) is 12.4 Å². The largest absolute Gasteiger partial charge is 0.493 e. The molecule has 0 spiro atoms. The van der Waals surface area contributed by atoms with Gasteiger partial charge in [0.25, 0.3) is 0 Å². The van der Waals surface area contributed by atoms with Crippen molar-refractivity contribution in [3.05, 3.63) is 47.0 Å². The molecule has 0 aliphatic heterocycles. The van der Waals surface area contributed by atoms with E-state index < -0.39 is 0 Å². The van der Waals surface area contributed by atoms with Crippen molar-refractivity contribution in [3.63, 3.8) is 0 Å². The summed E-state index contributed by atoms with van der Waals surface area (Å²) in [6.07, 6.45) is 0. The molecule has 0 fully saturated rings. The number of carbonyl (C=O) groups excluding carboxylic acids is 1. The molecule has 0 aliphatic rings. The van der Waals surface area contributed by atoms with Crippen LogP contribution < -0.4 is 24.8 Å². The molecule has 2 aromatic carbocycles. The van der Waals surface area contributed by atoms with E-state index in [0.717, 1.165) is 16.9 Å². The van der Waals surface area contributed by atoms with E-state index in [2.05, 4.69) is 23.6 Å². The molecule has 26 heavy (non-hydrogen) atoms. The predicted octanol–water partition coefficient (Wildman–Crippen LogP) is 3.83. The monoisotopic (exact) mass is 358 g/mol. The molecule has 0 unspecified atom stereocenters. The Morgan fingerprint density at radius 1 is 0.962 bits per heavy atom. The molecule has 2 N–H and O–H groups in total. The van der Waals surface area contributed by atoms with Crippen LogP contribution in [0, 0.1) is 20.8 Å². The minimum Gasteiger partial charge on any atom is -0.493 e. The Morgan fingerprint density at radius 2 is 1.65 bits per heavy atom. The number of urea groups is 1. The number of methoxy groups -OCH3 is 2. The smallest absolute Gasteiger partial charge is 0.319 e. The van der Waals surface area contributed by atoms with Crippen molar-refractivity contribution in [1.29, 1.82) is 0 Å². The zero-order chi connectivity index (χ0) is 19.1. The first-order valence-electron chi connectivity index (χ1n) is 8.42. The van der Waals surface area contributed by atoms with E-state index in [4.69, 9.17) is 14.2 Å². The minimum absolute atomic E-state index is 0.307. The van der Waals surface area contributed by atoms with Crippen molar-refractivity contribution in [2.45, 2.75) is 20.8 Å². The number of hydrogen-bond acceptors (Lipinski definition) is 4. The second-order valence-electron chi connectivity index (χ2n) is 5.95. The number of rotatable bonds is 7. The van der Waals surface area contributed by atoms with E-state index in [1.54, 1.807) is 32.4 Å². The van der Waals surface area contributed by atoms with E-state index in [1.165, 1.54) is 5.56 Å². The average molecular weight is 358 g/mol. The van der Waals surface area contributed by atoms with Crippen LogP contribution in [0.25, 0.3) is 0 Å². The lowest BCUT2D eigenvalue weighted by atomic mass is 10.1. The van der Waals surface area contributed by atoms with Gasteiger partial charge in [0.2, 0.25) is 0 Å². The number of nitrogens with one attached hydrogen (secondary N) is 2. The highest BCUT2D eigenvalue weighted by Gasteiger charge is 2.08. The molecule has 2 rings (SSSR count). The van der Waals surface area contributed by atoms with Crippen molar-refractivity contribution in [3.8, 4) is 17.2 Å². The third-order valence-corrected chi connectivity index (χ3v) is 4.15. The second-order valence-corrected chi connectivity index (χ2v) is 5.95. The molecular formula is C20H26N2O4. The van der Waals surface area contributed by atoms with Crippen LogP contribution in [0.4, 0.5) is 10.5 Å². The van der Waals surface area contributed by atoms with Gasteiger partial charge in [-0.15, -0.1) is 0 Å². The first-order valence-corrected chi connectivity index (χ1v) is 8.42. The highest BCUT2D eigenvalue weighted by atomic mass is 16.5.